The highest BCUT2D eigenvalue weighted by molar-refractivity contribution is 6.32. The number of methoxy groups -OCH3 is 1. The second-order valence-electron chi connectivity index (χ2n) is 2.77. The molecule has 17 heavy (non-hydrogen) atoms. The van der Waals surface area contributed by atoms with Crippen LogP contribution in [0.3, 0.4) is 0 Å². The van der Waals surface area contributed by atoms with Gasteiger partial charge in [-0.1, -0.05) is 11.6 Å². The molecule has 86 valence electrons. The van der Waals surface area contributed by atoms with Crippen molar-refractivity contribution in [2.75, 3.05) is 12.5 Å². The average molecular weight is 253 g/mol. The van der Waals surface area contributed by atoms with Gasteiger partial charge in [0.15, 0.2) is 11.6 Å². The van der Waals surface area contributed by atoms with Crippen LogP contribution in [0.25, 0.3) is 0 Å². The highest BCUT2D eigenvalue weighted by Gasteiger charge is 2.09. The van der Waals surface area contributed by atoms with E-state index in [1.165, 1.54) is 13.2 Å². The van der Waals surface area contributed by atoms with Crippen LogP contribution in [0.5, 0.6) is 5.75 Å². The quantitative estimate of drug-likeness (QED) is 0.661. The summed E-state index contributed by atoms with van der Waals surface area (Å²) in [5.41, 5.74) is 2.17. The van der Waals surface area contributed by atoms with E-state index in [4.69, 9.17) is 26.9 Å². The monoisotopic (exact) mass is 252 g/mol. The van der Waals surface area contributed by atoms with Gasteiger partial charge >= 0.3 is 0 Å². The lowest BCUT2D eigenvalue weighted by molar-refractivity contribution is 0.387. The van der Waals surface area contributed by atoms with Gasteiger partial charge in [0.1, 0.15) is 12.1 Å². The molecule has 0 amide bonds. The highest BCUT2D eigenvalue weighted by atomic mass is 35.5. The zero-order chi connectivity index (χ0) is 12.8. The molecule has 5 nitrogen and oxygen atoms in total. The maximum atomic E-state index is 13.4. The lowest BCUT2D eigenvalue weighted by Crippen LogP contribution is -1.98. The van der Waals surface area contributed by atoms with Gasteiger partial charge in [0.05, 0.1) is 17.8 Å². The molecule has 1 N–H and O–H groups in total. The van der Waals surface area contributed by atoms with Crippen LogP contribution in [0.1, 0.15) is 0 Å². The second-order valence-corrected chi connectivity index (χ2v) is 3.18. The molecular weight excluding hydrogens is 247 g/mol. The van der Waals surface area contributed by atoms with Crippen molar-refractivity contribution in [3.63, 3.8) is 0 Å². The molecule has 1 rings (SSSR count). The lowest BCUT2D eigenvalue weighted by atomic mass is 10.3. The number of benzene rings is 1. The van der Waals surface area contributed by atoms with Crippen LogP contribution in [0.15, 0.2) is 17.2 Å². The Morgan fingerprint density at radius 3 is 2.59 bits per heavy atom. The van der Waals surface area contributed by atoms with E-state index >= 15 is 0 Å². The Bertz CT molecular complexity index is 505. The third-order valence-corrected chi connectivity index (χ3v) is 1.99. The zero-order valence-corrected chi connectivity index (χ0v) is 9.42. The molecule has 0 saturated heterocycles. The van der Waals surface area contributed by atoms with E-state index in [2.05, 4.69) is 10.5 Å². The van der Waals surface area contributed by atoms with E-state index in [9.17, 15) is 4.39 Å². The minimum Gasteiger partial charge on any atom is -0.492 e. The van der Waals surface area contributed by atoms with E-state index in [1.807, 2.05) is 0 Å². The average Bonchev–Trinajstić information content (AvgIpc) is 2.30. The Morgan fingerprint density at radius 1 is 1.47 bits per heavy atom. The predicted octanol–water partition coefficient (Wildman–Crippen LogP) is 2.30. The minimum atomic E-state index is -0.673. The van der Waals surface area contributed by atoms with Crippen molar-refractivity contribution >= 4 is 23.0 Å². The Kier molecular flexibility index (Phi) is 4.27. The Labute approximate surface area is 102 Å². The molecule has 0 aliphatic heterocycles. The molecule has 0 aromatic heterocycles. The van der Waals surface area contributed by atoms with E-state index < -0.39 is 5.82 Å². The number of ether oxygens (including phenoxy) is 1. The number of anilines is 1. The first-order valence-corrected chi connectivity index (χ1v) is 4.67. The molecule has 0 spiro atoms. The number of nitrogens with one attached hydrogen (secondary N) is 1. The molecule has 0 aliphatic carbocycles. The molecule has 0 aliphatic rings. The summed E-state index contributed by atoms with van der Waals surface area (Å²) >= 11 is 5.73. The summed E-state index contributed by atoms with van der Waals surface area (Å²) in [5.74, 6) is -0.754. The maximum Gasteiger partial charge on any atom is 0.237 e. The fourth-order valence-corrected chi connectivity index (χ4v) is 1.30. The van der Waals surface area contributed by atoms with Crippen LogP contribution < -0.4 is 10.2 Å². The van der Waals surface area contributed by atoms with E-state index in [0.29, 0.717) is 0 Å². The zero-order valence-electron chi connectivity index (χ0n) is 8.66. The first-order valence-electron chi connectivity index (χ1n) is 4.29. The van der Waals surface area contributed by atoms with Gasteiger partial charge in [0.25, 0.3) is 0 Å². The molecule has 0 heterocycles. The first kappa shape index (κ1) is 12.8. The number of hydrazone groups is 1. The fourth-order valence-electron chi connectivity index (χ4n) is 1.01. The van der Waals surface area contributed by atoms with Crippen molar-refractivity contribution in [3.8, 4) is 17.9 Å². The molecule has 0 fully saturated rings. The third-order valence-electron chi connectivity index (χ3n) is 1.71. The molecule has 0 radical (unpaired) electrons. The summed E-state index contributed by atoms with van der Waals surface area (Å²) in [6, 6.07) is 5.54. The van der Waals surface area contributed by atoms with Crippen LogP contribution >= 0.6 is 11.6 Å². The van der Waals surface area contributed by atoms with Crippen molar-refractivity contribution < 1.29 is 9.13 Å². The molecule has 0 atom stereocenters. The summed E-state index contributed by atoms with van der Waals surface area (Å²) in [5, 5.41) is 20.4. The molecule has 1 aromatic carbocycles. The number of nitriles is 2. The van der Waals surface area contributed by atoms with Crippen LogP contribution in [0.4, 0.5) is 10.1 Å². The van der Waals surface area contributed by atoms with Crippen molar-refractivity contribution in [1.29, 1.82) is 10.5 Å². The van der Waals surface area contributed by atoms with Crippen molar-refractivity contribution in [3.05, 3.63) is 23.0 Å². The summed E-state index contributed by atoms with van der Waals surface area (Å²) in [6.07, 6.45) is 0. The van der Waals surface area contributed by atoms with Gasteiger partial charge in [-0.15, -0.1) is 0 Å². The van der Waals surface area contributed by atoms with E-state index in [-0.39, 0.29) is 22.2 Å². The third kappa shape index (κ3) is 3.07. The van der Waals surface area contributed by atoms with Gasteiger partial charge in [-0.2, -0.15) is 15.6 Å². The maximum absolute atomic E-state index is 13.4. The van der Waals surface area contributed by atoms with Crippen LogP contribution in [-0.2, 0) is 0 Å². The van der Waals surface area contributed by atoms with E-state index in [0.717, 1.165) is 6.07 Å². The van der Waals surface area contributed by atoms with Crippen molar-refractivity contribution in [2.24, 2.45) is 5.10 Å². The van der Waals surface area contributed by atoms with Crippen molar-refractivity contribution in [2.45, 2.75) is 0 Å². The lowest BCUT2D eigenvalue weighted by Gasteiger charge is -2.06. The van der Waals surface area contributed by atoms with Crippen LogP contribution in [0.2, 0.25) is 5.02 Å². The van der Waals surface area contributed by atoms with Gasteiger partial charge in [0.2, 0.25) is 5.71 Å². The SMILES string of the molecule is COc1c(F)cc(NN=C(C#N)C#N)cc1Cl. The molecule has 1 aromatic rings. The first-order chi connectivity index (χ1) is 8.12. The summed E-state index contributed by atoms with van der Waals surface area (Å²) in [7, 11) is 1.29. The number of rotatable bonds is 3. The Balaban J connectivity index is 3.00. The Hall–Kier alpha value is -2.31. The van der Waals surface area contributed by atoms with Gasteiger partial charge in [-0.3, -0.25) is 5.43 Å². The summed E-state index contributed by atoms with van der Waals surface area (Å²) in [6.45, 7) is 0. The second kappa shape index (κ2) is 5.69. The number of halogens is 2. The van der Waals surface area contributed by atoms with E-state index in [1.54, 1.807) is 12.1 Å². The van der Waals surface area contributed by atoms with Crippen LogP contribution in [0, 0.1) is 28.5 Å². The van der Waals surface area contributed by atoms with Gasteiger partial charge in [-0.25, -0.2) is 4.39 Å². The van der Waals surface area contributed by atoms with Crippen LogP contribution in [-0.4, -0.2) is 12.8 Å². The summed E-state index contributed by atoms with van der Waals surface area (Å²) < 4.78 is 18.1. The number of hydrogen-bond acceptors (Lipinski definition) is 5. The normalized spacial score (nSPS) is 8.76. The largest absolute Gasteiger partial charge is 0.492 e. The number of nitrogens with zero attached hydrogens (tertiary/aromatic N) is 3. The molecule has 7 heteroatoms. The fraction of sp³-hybridized carbons (Fsp3) is 0.100. The number of hydrogen-bond donors (Lipinski definition) is 1. The standard InChI is InChI=1S/C10H6ClFN4O/c1-17-10-8(11)2-6(3-9(10)12)15-16-7(4-13)5-14/h2-3,15H,1H3. The van der Waals surface area contributed by atoms with Gasteiger partial charge in [0, 0.05) is 6.07 Å². The van der Waals surface area contributed by atoms with Gasteiger partial charge < -0.3 is 4.74 Å². The Morgan fingerprint density at radius 2 is 2.12 bits per heavy atom. The smallest absolute Gasteiger partial charge is 0.237 e. The molecule has 0 saturated carbocycles. The van der Waals surface area contributed by atoms with Gasteiger partial charge in [-0.05, 0) is 6.07 Å². The minimum absolute atomic E-state index is 0.0562. The highest BCUT2D eigenvalue weighted by Crippen LogP contribution is 2.30. The molecule has 0 unspecified atom stereocenters. The topological polar surface area (TPSA) is 81.2 Å². The molecular formula is C10H6ClFN4O. The predicted molar refractivity (Wildman–Crippen MR) is 60.2 cm³/mol. The van der Waals surface area contributed by atoms with Crippen molar-refractivity contribution in [1.82, 2.24) is 0 Å². The summed E-state index contributed by atoms with van der Waals surface area (Å²) in [4.78, 5) is 0. The molecule has 0 bridgehead atoms.